The van der Waals surface area contributed by atoms with Crippen LogP contribution in [-0.4, -0.2) is 60.7 Å². The van der Waals surface area contributed by atoms with Gasteiger partial charge in [0.05, 0.1) is 17.4 Å². The van der Waals surface area contributed by atoms with Crippen LogP contribution in [0.3, 0.4) is 0 Å². The molecule has 0 aromatic rings. The van der Waals surface area contributed by atoms with E-state index in [0.29, 0.717) is 0 Å². The third-order valence-corrected chi connectivity index (χ3v) is 5.48. The van der Waals surface area contributed by atoms with Gasteiger partial charge in [-0.3, -0.25) is 4.79 Å². The minimum Gasteiger partial charge on any atom is -0.481 e. The highest BCUT2D eigenvalue weighted by atomic mass is 32.2. The van der Waals surface area contributed by atoms with Crippen LogP contribution in [0, 0.1) is 11.3 Å². The first-order valence-corrected chi connectivity index (χ1v) is 8.17. The summed E-state index contributed by atoms with van der Waals surface area (Å²) in [4.78, 5) is 24.4. The van der Waals surface area contributed by atoms with Gasteiger partial charge < -0.3 is 14.7 Å². The number of nitrogens with zero attached hydrogens (tertiary/aromatic N) is 1. The number of amides is 1. The van der Waals surface area contributed by atoms with Crippen molar-refractivity contribution in [1.29, 1.82) is 0 Å². The Morgan fingerprint density at radius 2 is 1.85 bits per heavy atom. The van der Waals surface area contributed by atoms with E-state index in [4.69, 9.17) is 9.84 Å². The Hall–Kier alpha value is -1.31. The average molecular weight is 305 g/mol. The number of carboxylic acid groups (broad SMARTS) is 1. The molecule has 0 aromatic carbocycles. The maximum absolute atomic E-state index is 11.8. The Morgan fingerprint density at radius 1 is 1.30 bits per heavy atom. The molecule has 0 saturated carbocycles. The SMILES string of the molecule is CC(C)(C)OC(=O)N1CC2(C1)CS(=O)(=O)C[C@@H]2C(=O)O. The van der Waals surface area contributed by atoms with Crippen LogP contribution in [0.25, 0.3) is 0 Å². The van der Waals surface area contributed by atoms with Crippen LogP contribution in [0.1, 0.15) is 20.8 Å². The molecule has 20 heavy (non-hydrogen) atoms. The summed E-state index contributed by atoms with van der Waals surface area (Å²) in [6.45, 7) is 5.46. The van der Waals surface area contributed by atoms with Gasteiger partial charge in [0, 0.05) is 18.5 Å². The maximum atomic E-state index is 11.8. The second-order valence-corrected chi connectivity index (χ2v) is 8.75. The summed E-state index contributed by atoms with van der Waals surface area (Å²) >= 11 is 0. The minimum absolute atomic E-state index is 0.123. The highest BCUT2D eigenvalue weighted by Crippen LogP contribution is 2.45. The predicted molar refractivity (Wildman–Crippen MR) is 70.0 cm³/mol. The lowest BCUT2D eigenvalue weighted by molar-refractivity contribution is -0.149. The maximum Gasteiger partial charge on any atom is 0.410 e. The molecular weight excluding hydrogens is 286 g/mol. The number of aliphatic carboxylic acids is 1. The Kier molecular flexibility index (Phi) is 3.27. The summed E-state index contributed by atoms with van der Waals surface area (Å²) in [5.41, 5.74) is -1.48. The first-order chi connectivity index (χ1) is 8.94. The van der Waals surface area contributed by atoms with Crippen LogP contribution >= 0.6 is 0 Å². The van der Waals surface area contributed by atoms with Crippen molar-refractivity contribution in [3.63, 3.8) is 0 Å². The van der Waals surface area contributed by atoms with Crippen LogP contribution in [0.15, 0.2) is 0 Å². The van der Waals surface area contributed by atoms with Crippen molar-refractivity contribution < 1.29 is 27.9 Å². The zero-order chi connectivity index (χ0) is 15.3. The van der Waals surface area contributed by atoms with Gasteiger partial charge in [0.25, 0.3) is 0 Å². The van der Waals surface area contributed by atoms with E-state index in [1.54, 1.807) is 20.8 Å². The molecule has 2 heterocycles. The van der Waals surface area contributed by atoms with Crippen molar-refractivity contribution in [2.24, 2.45) is 11.3 Å². The molecule has 8 heteroatoms. The monoisotopic (exact) mass is 305 g/mol. The van der Waals surface area contributed by atoms with E-state index in [9.17, 15) is 18.0 Å². The lowest BCUT2D eigenvalue weighted by Crippen LogP contribution is -2.63. The van der Waals surface area contributed by atoms with E-state index in [-0.39, 0.29) is 24.6 Å². The number of likely N-dealkylation sites (tertiary alicyclic amines) is 1. The Labute approximate surface area is 117 Å². The number of ether oxygens (including phenoxy) is 1. The Bertz CT molecular complexity index is 541. The second-order valence-electron chi connectivity index (χ2n) is 6.64. The fourth-order valence-corrected chi connectivity index (χ4v) is 5.22. The van der Waals surface area contributed by atoms with Gasteiger partial charge in [-0.05, 0) is 20.8 Å². The molecule has 1 atom stereocenters. The highest BCUT2D eigenvalue weighted by Gasteiger charge is 2.61. The van der Waals surface area contributed by atoms with E-state index >= 15 is 0 Å². The smallest absolute Gasteiger partial charge is 0.410 e. The summed E-state index contributed by atoms with van der Waals surface area (Å²) in [6, 6.07) is 0. The van der Waals surface area contributed by atoms with Gasteiger partial charge >= 0.3 is 12.1 Å². The number of rotatable bonds is 1. The van der Waals surface area contributed by atoms with E-state index in [2.05, 4.69) is 0 Å². The molecule has 2 rings (SSSR count). The van der Waals surface area contributed by atoms with Gasteiger partial charge in [-0.2, -0.15) is 0 Å². The van der Waals surface area contributed by atoms with Gasteiger partial charge in [-0.25, -0.2) is 13.2 Å². The molecule has 114 valence electrons. The normalized spacial score (nSPS) is 27.1. The molecule has 0 bridgehead atoms. The largest absolute Gasteiger partial charge is 0.481 e. The number of hydrogen-bond acceptors (Lipinski definition) is 5. The van der Waals surface area contributed by atoms with E-state index in [0.717, 1.165) is 0 Å². The summed E-state index contributed by atoms with van der Waals surface area (Å²) in [5, 5.41) is 9.16. The molecule has 1 spiro atoms. The van der Waals surface area contributed by atoms with Crippen molar-refractivity contribution in [3.05, 3.63) is 0 Å². The topological polar surface area (TPSA) is 101 Å². The van der Waals surface area contributed by atoms with Crippen LogP contribution in [-0.2, 0) is 19.4 Å². The average Bonchev–Trinajstić information content (AvgIpc) is 2.45. The van der Waals surface area contributed by atoms with Crippen LogP contribution in [0.2, 0.25) is 0 Å². The lowest BCUT2D eigenvalue weighted by Gasteiger charge is -2.49. The molecule has 7 nitrogen and oxygen atoms in total. The van der Waals surface area contributed by atoms with E-state index in [1.807, 2.05) is 0 Å². The number of carboxylic acids is 1. The van der Waals surface area contributed by atoms with E-state index < -0.39 is 38.8 Å². The zero-order valence-corrected chi connectivity index (χ0v) is 12.6. The zero-order valence-electron chi connectivity index (χ0n) is 11.7. The second kappa shape index (κ2) is 4.34. The summed E-state index contributed by atoms with van der Waals surface area (Å²) < 4.78 is 28.5. The predicted octanol–water partition coefficient (Wildman–Crippen LogP) is 0.353. The summed E-state index contributed by atoms with van der Waals surface area (Å²) in [6.07, 6.45) is -0.531. The van der Waals surface area contributed by atoms with Crippen molar-refractivity contribution in [1.82, 2.24) is 4.90 Å². The molecule has 0 radical (unpaired) electrons. The highest BCUT2D eigenvalue weighted by molar-refractivity contribution is 7.91. The number of hydrogen-bond donors (Lipinski definition) is 1. The first kappa shape index (κ1) is 15.1. The molecule has 0 aromatic heterocycles. The van der Waals surface area contributed by atoms with Gasteiger partial charge in [0.2, 0.25) is 0 Å². The van der Waals surface area contributed by atoms with Gasteiger partial charge in [0.1, 0.15) is 5.60 Å². The lowest BCUT2D eigenvalue weighted by atomic mass is 9.72. The standard InChI is InChI=1S/C12H19NO6S/c1-11(2,3)19-10(16)13-5-12(6-13)7-20(17,18)4-8(12)9(14)15/h8H,4-7H2,1-3H3,(H,14,15)/t8-/m1/s1. The van der Waals surface area contributed by atoms with Gasteiger partial charge in [-0.1, -0.05) is 0 Å². The third-order valence-electron chi connectivity index (χ3n) is 3.63. The molecule has 1 N–H and O–H groups in total. The van der Waals surface area contributed by atoms with Crippen molar-refractivity contribution >= 4 is 21.9 Å². The molecule has 0 unspecified atom stereocenters. The van der Waals surface area contributed by atoms with Crippen molar-refractivity contribution in [2.75, 3.05) is 24.6 Å². The summed E-state index contributed by atoms with van der Waals surface area (Å²) in [7, 11) is -3.35. The molecule has 1 amide bonds. The quantitative estimate of drug-likeness (QED) is 0.750. The van der Waals surface area contributed by atoms with Crippen LogP contribution in [0.4, 0.5) is 4.79 Å². The van der Waals surface area contributed by atoms with Crippen LogP contribution in [0.5, 0.6) is 0 Å². The molecular formula is C12H19NO6S. The first-order valence-electron chi connectivity index (χ1n) is 6.35. The van der Waals surface area contributed by atoms with Gasteiger partial charge in [-0.15, -0.1) is 0 Å². The number of carbonyl (C=O) groups is 2. The summed E-state index contributed by atoms with van der Waals surface area (Å²) in [5.74, 6) is -2.57. The fraction of sp³-hybridized carbons (Fsp3) is 0.833. The fourth-order valence-electron chi connectivity index (χ4n) is 2.84. The number of sulfone groups is 1. The molecule has 0 aliphatic carbocycles. The third kappa shape index (κ3) is 2.74. The van der Waals surface area contributed by atoms with Crippen molar-refractivity contribution in [2.45, 2.75) is 26.4 Å². The Morgan fingerprint density at radius 3 is 2.30 bits per heavy atom. The number of carbonyl (C=O) groups excluding carboxylic acids is 1. The van der Waals surface area contributed by atoms with Gasteiger partial charge in [0.15, 0.2) is 9.84 Å². The molecule has 2 fully saturated rings. The Balaban J connectivity index is 2.07. The van der Waals surface area contributed by atoms with Crippen molar-refractivity contribution in [3.8, 4) is 0 Å². The minimum atomic E-state index is -3.35. The molecule has 2 aliphatic heterocycles. The molecule has 2 aliphatic rings. The van der Waals surface area contributed by atoms with Crippen LogP contribution < -0.4 is 0 Å². The molecule has 2 saturated heterocycles. The van der Waals surface area contributed by atoms with E-state index in [1.165, 1.54) is 4.90 Å².